The van der Waals surface area contributed by atoms with Crippen molar-refractivity contribution >= 4 is 26.7 Å². The second kappa shape index (κ2) is 3.59. The third-order valence-corrected chi connectivity index (χ3v) is 2.91. The molecule has 0 bridgehead atoms. The van der Waals surface area contributed by atoms with Gasteiger partial charge in [0.2, 0.25) is 0 Å². The Morgan fingerprint density at radius 2 is 1.93 bits per heavy atom. The maximum absolute atomic E-state index is 9.68. The molecule has 0 aromatic heterocycles. The lowest BCUT2D eigenvalue weighted by atomic mass is 10.0. The van der Waals surface area contributed by atoms with E-state index in [-0.39, 0.29) is 12.4 Å². The predicted molar refractivity (Wildman–Crippen MR) is 59.2 cm³/mol. The van der Waals surface area contributed by atoms with E-state index in [1.165, 1.54) is 0 Å². The molecule has 2 rings (SSSR count). The quantitative estimate of drug-likeness (QED) is 0.820. The molecule has 0 radical (unpaired) electrons. The molecular formula is C11H9BrO2. The molecule has 0 fully saturated rings. The van der Waals surface area contributed by atoms with Gasteiger partial charge in [-0.05, 0) is 23.1 Å². The lowest BCUT2D eigenvalue weighted by molar-refractivity contribution is 0.283. The van der Waals surface area contributed by atoms with Gasteiger partial charge in [-0.1, -0.05) is 34.1 Å². The van der Waals surface area contributed by atoms with Crippen LogP contribution in [0.4, 0.5) is 0 Å². The topological polar surface area (TPSA) is 40.5 Å². The molecule has 0 aliphatic rings. The van der Waals surface area contributed by atoms with E-state index in [1.54, 1.807) is 18.2 Å². The number of phenolic OH excluding ortho intramolecular Hbond substituents is 1. The monoisotopic (exact) mass is 252 g/mol. The molecule has 0 unspecified atom stereocenters. The Hall–Kier alpha value is -1.06. The Bertz CT molecular complexity index is 480. The van der Waals surface area contributed by atoms with Gasteiger partial charge in [-0.3, -0.25) is 0 Å². The molecule has 2 N–H and O–H groups in total. The van der Waals surface area contributed by atoms with Crippen molar-refractivity contribution in [2.75, 3.05) is 0 Å². The van der Waals surface area contributed by atoms with Gasteiger partial charge in [0.05, 0.1) is 6.61 Å². The van der Waals surface area contributed by atoms with E-state index in [4.69, 9.17) is 5.11 Å². The summed E-state index contributed by atoms with van der Waals surface area (Å²) in [4.78, 5) is 0. The zero-order chi connectivity index (χ0) is 10.1. The lowest BCUT2D eigenvalue weighted by Crippen LogP contribution is -1.86. The van der Waals surface area contributed by atoms with Gasteiger partial charge in [-0.15, -0.1) is 0 Å². The van der Waals surface area contributed by atoms with Crippen LogP contribution in [-0.4, -0.2) is 10.2 Å². The van der Waals surface area contributed by atoms with Crippen molar-refractivity contribution in [1.82, 2.24) is 0 Å². The minimum Gasteiger partial charge on any atom is -0.507 e. The summed E-state index contributed by atoms with van der Waals surface area (Å²) in [5.74, 6) is 0.202. The van der Waals surface area contributed by atoms with Crippen molar-refractivity contribution < 1.29 is 10.2 Å². The van der Waals surface area contributed by atoms with Crippen LogP contribution < -0.4 is 0 Å². The summed E-state index contributed by atoms with van der Waals surface area (Å²) in [5.41, 5.74) is 0.737. The highest BCUT2D eigenvalue weighted by molar-refractivity contribution is 9.10. The fraction of sp³-hybridized carbons (Fsp3) is 0.0909. The average molecular weight is 253 g/mol. The van der Waals surface area contributed by atoms with Gasteiger partial charge in [0.25, 0.3) is 0 Å². The zero-order valence-corrected chi connectivity index (χ0v) is 8.95. The van der Waals surface area contributed by atoms with Crippen molar-refractivity contribution in [2.45, 2.75) is 6.61 Å². The molecule has 14 heavy (non-hydrogen) atoms. The standard InChI is InChI=1S/C11H9BrO2/c12-9-5-4-7(6-13)11-8(9)2-1-3-10(11)14/h1-5,13-14H,6H2. The number of rotatable bonds is 1. The van der Waals surface area contributed by atoms with E-state index in [1.807, 2.05) is 12.1 Å². The van der Waals surface area contributed by atoms with Crippen LogP contribution in [0.2, 0.25) is 0 Å². The second-order valence-corrected chi connectivity index (χ2v) is 3.92. The van der Waals surface area contributed by atoms with Crippen LogP contribution in [0.15, 0.2) is 34.8 Å². The minimum atomic E-state index is -0.0681. The van der Waals surface area contributed by atoms with E-state index >= 15 is 0 Å². The normalized spacial score (nSPS) is 10.7. The Morgan fingerprint density at radius 3 is 2.64 bits per heavy atom. The molecular weight excluding hydrogens is 244 g/mol. The molecule has 0 atom stereocenters. The molecule has 2 aromatic rings. The molecule has 72 valence electrons. The lowest BCUT2D eigenvalue weighted by Gasteiger charge is -2.07. The molecule has 0 saturated heterocycles. The summed E-state index contributed by atoms with van der Waals surface area (Å²) >= 11 is 3.40. The van der Waals surface area contributed by atoms with Gasteiger partial charge in [-0.25, -0.2) is 0 Å². The van der Waals surface area contributed by atoms with Gasteiger partial charge in [0.1, 0.15) is 5.75 Å². The predicted octanol–water partition coefficient (Wildman–Crippen LogP) is 2.80. The number of halogens is 1. The first kappa shape index (κ1) is 9.49. The van der Waals surface area contributed by atoms with Crippen LogP contribution in [0, 0.1) is 0 Å². The first-order valence-electron chi connectivity index (χ1n) is 4.24. The Balaban J connectivity index is 2.92. The highest BCUT2D eigenvalue weighted by atomic mass is 79.9. The Labute approximate surface area is 89.9 Å². The maximum Gasteiger partial charge on any atom is 0.123 e. The van der Waals surface area contributed by atoms with Crippen LogP contribution >= 0.6 is 15.9 Å². The van der Waals surface area contributed by atoms with Crippen molar-refractivity contribution in [3.8, 4) is 5.75 Å². The highest BCUT2D eigenvalue weighted by Crippen LogP contribution is 2.32. The maximum atomic E-state index is 9.68. The van der Waals surface area contributed by atoms with Gasteiger partial charge in [0.15, 0.2) is 0 Å². The highest BCUT2D eigenvalue weighted by Gasteiger charge is 2.07. The third-order valence-electron chi connectivity index (χ3n) is 2.22. The summed E-state index contributed by atoms with van der Waals surface area (Å²) in [6, 6.07) is 8.97. The molecule has 2 nitrogen and oxygen atoms in total. The van der Waals surface area contributed by atoms with Gasteiger partial charge < -0.3 is 10.2 Å². The van der Waals surface area contributed by atoms with Crippen LogP contribution in [0.25, 0.3) is 10.8 Å². The molecule has 0 spiro atoms. The first-order chi connectivity index (χ1) is 6.74. The molecule has 3 heteroatoms. The van der Waals surface area contributed by atoms with Crippen LogP contribution in [0.3, 0.4) is 0 Å². The van der Waals surface area contributed by atoms with Gasteiger partial charge in [0, 0.05) is 9.86 Å². The number of hydrogen-bond acceptors (Lipinski definition) is 2. The Morgan fingerprint density at radius 1 is 1.14 bits per heavy atom. The van der Waals surface area contributed by atoms with Gasteiger partial charge in [-0.2, -0.15) is 0 Å². The molecule has 2 aromatic carbocycles. The fourth-order valence-electron chi connectivity index (χ4n) is 1.56. The molecule has 0 amide bonds. The number of fused-ring (bicyclic) bond motifs is 1. The summed E-state index contributed by atoms with van der Waals surface area (Å²) in [6.07, 6.45) is 0. The average Bonchev–Trinajstić information content (AvgIpc) is 2.20. The summed E-state index contributed by atoms with van der Waals surface area (Å²) in [7, 11) is 0. The van der Waals surface area contributed by atoms with Crippen molar-refractivity contribution in [1.29, 1.82) is 0 Å². The summed E-state index contributed by atoms with van der Waals surface area (Å²) in [5, 5.41) is 20.4. The number of hydrogen-bond donors (Lipinski definition) is 2. The smallest absolute Gasteiger partial charge is 0.123 e. The number of benzene rings is 2. The van der Waals surface area contributed by atoms with E-state index in [9.17, 15) is 5.11 Å². The number of aromatic hydroxyl groups is 1. The van der Waals surface area contributed by atoms with Crippen LogP contribution in [0.5, 0.6) is 5.75 Å². The van der Waals surface area contributed by atoms with E-state index in [0.717, 1.165) is 15.4 Å². The van der Waals surface area contributed by atoms with Crippen LogP contribution in [-0.2, 0) is 6.61 Å². The van der Waals surface area contributed by atoms with Crippen molar-refractivity contribution in [2.24, 2.45) is 0 Å². The van der Waals surface area contributed by atoms with Crippen molar-refractivity contribution in [3.05, 3.63) is 40.4 Å². The summed E-state index contributed by atoms with van der Waals surface area (Å²) in [6.45, 7) is -0.0681. The number of aliphatic hydroxyl groups is 1. The SMILES string of the molecule is OCc1ccc(Br)c2cccc(O)c12. The fourth-order valence-corrected chi connectivity index (χ4v) is 2.02. The largest absolute Gasteiger partial charge is 0.507 e. The zero-order valence-electron chi connectivity index (χ0n) is 7.37. The van der Waals surface area contributed by atoms with Gasteiger partial charge >= 0.3 is 0 Å². The molecule has 0 saturated carbocycles. The Kier molecular flexibility index (Phi) is 2.44. The number of aliphatic hydroxyl groups excluding tert-OH is 1. The van der Waals surface area contributed by atoms with E-state index < -0.39 is 0 Å². The van der Waals surface area contributed by atoms with E-state index in [0.29, 0.717) is 5.39 Å². The first-order valence-corrected chi connectivity index (χ1v) is 5.03. The van der Waals surface area contributed by atoms with Crippen molar-refractivity contribution in [3.63, 3.8) is 0 Å². The van der Waals surface area contributed by atoms with Crippen LogP contribution in [0.1, 0.15) is 5.56 Å². The third kappa shape index (κ3) is 1.38. The molecule has 0 aliphatic carbocycles. The van der Waals surface area contributed by atoms with E-state index in [2.05, 4.69) is 15.9 Å². The minimum absolute atomic E-state index is 0.0681. The summed E-state index contributed by atoms with van der Waals surface area (Å²) < 4.78 is 0.917. The molecule has 0 aliphatic heterocycles. The molecule has 0 heterocycles. The number of phenols is 1. The second-order valence-electron chi connectivity index (χ2n) is 3.06.